The Kier molecular flexibility index (Phi) is 6.15. The summed E-state index contributed by atoms with van der Waals surface area (Å²) in [5.74, 6) is 0.322. The number of rotatable bonds is 7. The number of hydrazine groups is 1. The molecule has 5 heteroatoms. The van der Waals surface area contributed by atoms with E-state index in [4.69, 9.17) is 0 Å². The van der Waals surface area contributed by atoms with Crippen LogP contribution >= 0.6 is 0 Å². The van der Waals surface area contributed by atoms with Crippen LogP contribution in [0, 0.1) is 0 Å². The second kappa shape index (κ2) is 7.40. The molecule has 0 aromatic heterocycles. The number of hydrogen-bond acceptors (Lipinski definition) is 4. The van der Waals surface area contributed by atoms with Crippen molar-refractivity contribution in [2.45, 2.75) is 45.1 Å². The minimum Gasteiger partial charge on any atom is -0.343 e. The minimum atomic E-state index is -0.253. The van der Waals surface area contributed by atoms with E-state index >= 15 is 0 Å². The first kappa shape index (κ1) is 14.1. The van der Waals surface area contributed by atoms with Gasteiger partial charge in [0.2, 0.25) is 5.91 Å². The molecule has 1 aliphatic heterocycles. The highest BCUT2D eigenvalue weighted by Crippen LogP contribution is 2.11. The van der Waals surface area contributed by atoms with E-state index in [1.54, 1.807) is 7.05 Å². The number of hydrogen-bond donors (Lipinski definition) is 2. The summed E-state index contributed by atoms with van der Waals surface area (Å²) in [6.07, 6.45) is 3.74. The average molecular weight is 241 g/mol. The van der Waals surface area contributed by atoms with Gasteiger partial charge in [-0.3, -0.25) is 15.0 Å². The lowest BCUT2D eigenvalue weighted by molar-refractivity contribution is -0.130. The lowest BCUT2D eigenvalue weighted by atomic mass is 10.1. The van der Waals surface area contributed by atoms with Crippen molar-refractivity contribution in [2.24, 2.45) is 0 Å². The van der Waals surface area contributed by atoms with Gasteiger partial charge >= 0.3 is 0 Å². The number of Topliss-reactive ketones (excluding diaryl/α,β-unsaturated/α-hetero) is 1. The zero-order valence-corrected chi connectivity index (χ0v) is 10.8. The van der Waals surface area contributed by atoms with Crippen molar-refractivity contribution in [1.29, 1.82) is 0 Å². The van der Waals surface area contributed by atoms with E-state index in [2.05, 4.69) is 10.9 Å². The predicted molar refractivity (Wildman–Crippen MR) is 66.3 cm³/mol. The van der Waals surface area contributed by atoms with Gasteiger partial charge in [-0.1, -0.05) is 6.92 Å². The van der Waals surface area contributed by atoms with Crippen molar-refractivity contribution in [3.8, 4) is 0 Å². The monoisotopic (exact) mass is 241 g/mol. The van der Waals surface area contributed by atoms with Gasteiger partial charge in [-0.15, -0.1) is 0 Å². The second-order valence-electron chi connectivity index (χ2n) is 4.39. The van der Waals surface area contributed by atoms with Crippen molar-refractivity contribution in [3.63, 3.8) is 0 Å². The quantitative estimate of drug-likeness (QED) is 0.636. The molecule has 5 nitrogen and oxygen atoms in total. The first-order chi connectivity index (χ1) is 8.19. The van der Waals surface area contributed by atoms with E-state index in [1.165, 1.54) is 0 Å². The van der Waals surface area contributed by atoms with E-state index in [9.17, 15) is 9.59 Å². The first-order valence-corrected chi connectivity index (χ1v) is 6.41. The van der Waals surface area contributed by atoms with Gasteiger partial charge in [-0.05, 0) is 26.3 Å². The van der Waals surface area contributed by atoms with E-state index in [1.807, 2.05) is 11.8 Å². The summed E-state index contributed by atoms with van der Waals surface area (Å²) in [6, 6.07) is -0.253. The summed E-state index contributed by atoms with van der Waals surface area (Å²) in [6.45, 7) is 3.60. The number of carbonyl (C=O) groups excluding carboxylic acids is 2. The third kappa shape index (κ3) is 4.44. The Hall–Kier alpha value is -0.940. The van der Waals surface area contributed by atoms with Crippen molar-refractivity contribution >= 4 is 11.7 Å². The molecule has 1 saturated heterocycles. The molecule has 1 aliphatic rings. The fourth-order valence-corrected chi connectivity index (χ4v) is 2.13. The Bertz CT molecular complexity index is 262. The molecule has 1 rings (SSSR count). The van der Waals surface area contributed by atoms with Gasteiger partial charge in [0.1, 0.15) is 0 Å². The highest BCUT2D eigenvalue weighted by atomic mass is 16.2. The molecule has 1 fully saturated rings. The van der Waals surface area contributed by atoms with Crippen LogP contribution < -0.4 is 10.9 Å². The van der Waals surface area contributed by atoms with Gasteiger partial charge in [0.25, 0.3) is 0 Å². The molecule has 0 aromatic carbocycles. The van der Waals surface area contributed by atoms with E-state index < -0.39 is 0 Å². The summed E-state index contributed by atoms with van der Waals surface area (Å²) in [4.78, 5) is 25.3. The van der Waals surface area contributed by atoms with Crippen molar-refractivity contribution in [2.75, 3.05) is 20.1 Å². The van der Waals surface area contributed by atoms with Gasteiger partial charge in [0.05, 0.1) is 6.04 Å². The molecule has 0 radical (unpaired) electrons. The van der Waals surface area contributed by atoms with Crippen molar-refractivity contribution in [3.05, 3.63) is 0 Å². The first-order valence-electron chi connectivity index (χ1n) is 6.41. The van der Waals surface area contributed by atoms with Crippen LogP contribution in [0.25, 0.3) is 0 Å². The maximum atomic E-state index is 11.8. The summed E-state index contributed by atoms with van der Waals surface area (Å²) in [5, 5.41) is 0. The Morgan fingerprint density at radius 2 is 1.94 bits per heavy atom. The van der Waals surface area contributed by atoms with Crippen molar-refractivity contribution in [1.82, 2.24) is 15.8 Å². The number of amides is 1. The molecule has 0 saturated carbocycles. The van der Waals surface area contributed by atoms with Crippen LogP contribution in [0.3, 0.4) is 0 Å². The Morgan fingerprint density at radius 3 is 2.47 bits per heavy atom. The maximum Gasteiger partial charge on any atom is 0.222 e. The summed E-state index contributed by atoms with van der Waals surface area (Å²) in [7, 11) is 1.73. The zero-order chi connectivity index (χ0) is 12.7. The smallest absolute Gasteiger partial charge is 0.222 e. The second-order valence-corrected chi connectivity index (χ2v) is 4.39. The molecule has 0 aliphatic carbocycles. The van der Waals surface area contributed by atoms with Crippen LogP contribution in [-0.2, 0) is 9.59 Å². The van der Waals surface area contributed by atoms with Crippen molar-refractivity contribution < 1.29 is 9.59 Å². The number of carbonyl (C=O) groups is 2. The van der Waals surface area contributed by atoms with Gasteiger partial charge in [0.15, 0.2) is 5.78 Å². The number of nitrogens with zero attached hydrogens (tertiary/aromatic N) is 1. The number of ketones is 1. The fraction of sp³-hybridized carbons (Fsp3) is 0.833. The molecule has 1 heterocycles. The molecular formula is C12H23N3O2. The van der Waals surface area contributed by atoms with Crippen LogP contribution in [0.15, 0.2) is 0 Å². The Morgan fingerprint density at radius 1 is 1.29 bits per heavy atom. The number of nitrogens with one attached hydrogen (secondary N) is 2. The van der Waals surface area contributed by atoms with Crippen LogP contribution in [0.4, 0.5) is 0 Å². The highest BCUT2D eigenvalue weighted by Gasteiger charge is 2.21. The Balaban J connectivity index is 2.34. The molecule has 17 heavy (non-hydrogen) atoms. The fourth-order valence-electron chi connectivity index (χ4n) is 2.13. The van der Waals surface area contributed by atoms with Gasteiger partial charge < -0.3 is 4.90 Å². The molecule has 0 bridgehead atoms. The van der Waals surface area contributed by atoms with Crippen LogP contribution in [0.2, 0.25) is 0 Å². The molecule has 0 spiro atoms. The molecule has 98 valence electrons. The third-order valence-corrected chi connectivity index (χ3v) is 3.16. The standard InChI is InChI=1S/C12H23N3O2/c1-3-11(16)10(14-13-2)6-7-12(17)15-8-4-5-9-15/h10,13-14H,3-9H2,1-2H3. The maximum absolute atomic E-state index is 11.8. The third-order valence-electron chi connectivity index (χ3n) is 3.16. The molecule has 1 atom stereocenters. The summed E-state index contributed by atoms with van der Waals surface area (Å²) < 4.78 is 0. The highest BCUT2D eigenvalue weighted by molar-refractivity contribution is 5.84. The van der Waals surface area contributed by atoms with Crippen LogP contribution in [0.1, 0.15) is 39.0 Å². The number of likely N-dealkylation sites (tertiary alicyclic amines) is 1. The molecule has 2 N–H and O–H groups in total. The van der Waals surface area contributed by atoms with Gasteiger partial charge in [0, 0.05) is 25.9 Å². The van der Waals surface area contributed by atoms with Crippen LogP contribution in [-0.4, -0.2) is 42.8 Å². The average Bonchev–Trinajstić information content (AvgIpc) is 2.86. The summed E-state index contributed by atoms with van der Waals surface area (Å²) in [5.41, 5.74) is 5.69. The van der Waals surface area contributed by atoms with Gasteiger partial charge in [-0.25, -0.2) is 5.43 Å². The molecule has 1 amide bonds. The molecule has 0 aromatic rings. The van der Waals surface area contributed by atoms with E-state index in [0.29, 0.717) is 19.3 Å². The summed E-state index contributed by atoms with van der Waals surface area (Å²) >= 11 is 0. The normalized spacial score (nSPS) is 17.2. The Labute approximate surface area is 103 Å². The van der Waals surface area contributed by atoms with Gasteiger partial charge in [-0.2, -0.15) is 0 Å². The SMILES string of the molecule is CCC(=O)C(CCC(=O)N1CCCC1)NNC. The molecule has 1 unspecified atom stereocenters. The minimum absolute atomic E-state index is 0.147. The van der Waals surface area contributed by atoms with E-state index in [0.717, 1.165) is 25.9 Å². The lowest BCUT2D eigenvalue weighted by Gasteiger charge is -2.19. The topological polar surface area (TPSA) is 61.4 Å². The molecular weight excluding hydrogens is 218 g/mol. The van der Waals surface area contributed by atoms with Crippen LogP contribution in [0.5, 0.6) is 0 Å². The lowest BCUT2D eigenvalue weighted by Crippen LogP contribution is -2.44. The predicted octanol–water partition coefficient (Wildman–Crippen LogP) is 0.461. The zero-order valence-electron chi connectivity index (χ0n) is 10.8. The largest absolute Gasteiger partial charge is 0.343 e. The van der Waals surface area contributed by atoms with E-state index in [-0.39, 0.29) is 17.7 Å².